The molecule has 0 aliphatic rings. The van der Waals surface area contributed by atoms with E-state index in [0.29, 0.717) is 17.7 Å². The zero-order valence-electron chi connectivity index (χ0n) is 14.4. The van der Waals surface area contributed by atoms with Crippen LogP contribution in [0.5, 0.6) is 5.75 Å². The van der Waals surface area contributed by atoms with Gasteiger partial charge in [-0.2, -0.15) is 0 Å². The first-order valence-corrected chi connectivity index (χ1v) is 8.24. The molecule has 0 aliphatic heterocycles. The predicted octanol–water partition coefficient (Wildman–Crippen LogP) is 3.66. The molecule has 0 unspecified atom stereocenters. The van der Waals surface area contributed by atoms with Gasteiger partial charge >= 0.3 is 11.9 Å². The number of hydrogen-bond donors (Lipinski definition) is 0. The van der Waals surface area contributed by atoms with E-state index in [1.165, 1.54) is 7.11 Å². The van der Waals surface area contributed by atoms with Crippen molar-refractivity contribution in [2.75, 3.05) is 7.11 Å². The molecule has 0 amide bonds. The summed E-state index contributed by atoms with van der Waals surface area (Å²) in [5.74, 6) is -0.253. The third kappa shape index (κ3) is 4.19. The zero-order chi connectivity index (χ0) is 18.4. The lowest BCUT2D eigenvalue weighted by atomic mass is 10.1. The highest BCUT2D eigenvalue weighted by Crippen LogP contribution is 2.20. The van der Waals surface area contributed by atoms with Gasteiger partial charge < -0.3 is 14.0 Å². The minimum absolute atomic E-state index is 0.305. The van der Waals surface area contributed by atoms with Gasteiger partial charge in [0.25, 0.3) is 0 Å². The predicted molar refractivity (Wildman–Crippen MR) is 97.0 cm³/mol. The smallest absolute Gasteiger partial charge is 0.343 e. The summed E-state index contributed by atoms with van der Waals surface area (Å²) in [6, 6.07) is 19.2. The van der Waals surface area contributed by atoms with Crippen LogP contribution in [0.15, 0.2) is 79.1 Å². The fraction of sp³-hybridized carbons (Fsp3) is 0.143. The van der Waals surface area contributed by atoms with Crippen LogP contribution in [0.25, 0.3) is 0 Å². The van der Waals surface area contributed by atoms with Crippen molar-refractivity contribution in [3.05, 3.63) is 90.3 Å². The molecule has 0 N–H and O–H groups in total. The summed E-state index contributed by atoms with van der Waals surface area (Å²) in [5, 5.41) is 0. The molecule has 1 atom stereocenters. The molecule has 132 valence electrons. The number of hydrogen-bond acceptors (Lipinski definition) is 4. The third-order valence-corrected chi connectivity index (χ3v) is 4.03. The molecule has 5 nitrogen and oxygen atoms in total. The number of esters is 2. The first-order valence-electron chi connectivity index (χ1n) is 8.24. The Kier molecular flexibility index (Phi) is 5.49. The van der Waals surface area contributed by atoms with E-state index in [2.05, 4.69) is 0 Å². The first-order chi connectivity index (χ1) is 12.7. The number of benzene rings is 2. The Labute approximate surface area is 151 Å². The SMILES string of the molecule is COC(=O)[C@H](Cc1ccc(OC(=O)c2ccccc2)cc1)n1cccc1. The molecular weight excluding hydrogens is 330 g/mol. The molecular formula is C21H19NO4. The van der Waals surface area contributed by atoms with Crippen LogP contribution in [0, 0.1) is 0 Å². The van der Waals surface area contributed by atoms with Crippen molar-refractivity contribution in [1.82, 2.24) is 4.57 Å². The zero-order valence-corrected chi connectivity index (χ0v) is 14.4. The molecule has 5 heteroatoms. The quantitative estimate of drug-likeness (QED) is 0.503. The topological polar surface area (TPSA) is 57.5 Å². The minimum atomic E-state index is -0.437. The van der Waals surface area contributed by atoms with Gasteiger partial charge in [-0.25, -0.2) is 9.59 Å². The highest BCUT2D eigenvalue weighted by molar-refractivity contribution is 5.90. The van der Waals surface area contributed by atoms with E-state index in [-0.39, 0.29) is 5.97 Å². The van der Waals surface area contributed by atoms with Gasteiger partial charge in [0.2, 0.25) is 0 Å². The summed E-state index contributed by atoms with van der Waals surface area (Å²) in [6.45, 7) is 0. The van der Waals surface area contributed by atoms with Crippen LogP contribution in [-0.4, -0.2) is 23.6 Å². The van der Waals surface area contributed by atoms with Gasteiger partial charge in [-0.05, 0) is 42.0 Å². The average Bonchev–Trinajstić information content (AvgIpc) is 3.22. The Morgan fingerprint density at radius 3 is 2.19 bits per heavy atom. The maximum absolute atomic E-state index is 12.1. The molecule has 2 aromatic carbocycles. The van der Waals surface area contributed by atoms with Crippen LogP contribution < -0.4 is 4.74 Å². The summed E-state index contributed by atoms with van der Waals surface area (Å²) in [5.41, 5.74) is 1.43. The number of methoxy groups -OCH3 is 1. The van der Waals surface area contributed by atoms with Gasteiger partial charge in [0.15, 0.2) is 0 Å². The van der Waals surface area contributed by atoms with Crippen molar-refractivity contribution in [2.24, 2.45) is 0 Å². The molecule has 3 aromatic rings. The minimum Gasteiger partial charge on any atom is -0.467 e. The fourth-order valence-electron chi connectivity index (χ4n) is 2.66. The van der Waals surface area contributed by atoms with Crippen molar-refractivity contribution in [3.8, 4) is 5.75 Å². The molecule has 1 aromatic heterocycles. The van der Waals surface area contributed by atoms with Gasteiger partial charge in [-0.1, -0.05) is 30.3 Å². The first kappa shape index (κ1) is 17.5. The van der Waals surface area contributed by atoms with E-state index in [1.54, 1.807) is 36.4 Å². The van der Waals surface area contributed by atoms with Crippen LogP contribution in [0.3, 0.4) is 0 Å². The normalized spacial score (nSPS) is 11.6. The van der Waals surface area contributed by atoms with Crippen LogP contribution >= 0.6 is 0 Å². The molecule has 1 heterocycles. The second kappa shape index (κ2) is 8.16. The lowest BCUT2D eigenvalue weighted by molar-refractivity contribution is -0.144. The van der Waals surface area contributed by atoms with Gasteiger partial charge in [0.05, 0.1) is 12.7 Å². The summed E-state index contributed by atoms with van der Waals surface area (Å²) in [7, 11) is 1.38. The Balaban J connectivity index is 1.69. The van der Waals surface area contributed by atoms with Crippen LogP contribution in [0.4, 0.5) is 0 Å². The Morgan fingerprint density at radius 1 is 0.923 bits per heavy atom. The second-order valence-corrected chi connectivity index (χ2v) is 5.77. The molecule has 0 bridgehead atoms. The van der Waals surface area contributed by atoms with Gasteiger partial charge in [0, 0.05) is 18.8 Å². The lowest BCUT2D eigenvalue weighted by Gasteiger charge is -2.16. The van der Waals surface area contributed by atoms with E-state index in [1.807, 2.05) is 47.3 Å². The molecule has 26 heavy (non-hydrogen) atoms. The second-order valence-electron chi connectivity index (χ2n) is 5.77. The third-order valence-electron chi connectivity index (χ3n) is 4.03. The Hall–Kier alpha value is -3.34. The molecule has 3 rings (SSSR count). The summed E-state index contributed by atoms with van der Waals surface area (Å²) >= 11 is 0. The van der Waals surface area contributed by atoms with Crippen molar-refractivity contribution < 1.29 is 19.1 Å². The largest absolute Gasteiger partial charge is 0.467 e. The standard InChI is InChI=1S/C21H19NO4/c1-25-21(24)19(22-13-5-6-14-22)15-16-9-11-18(12-10-16)26-20(23)17-7-3-2-4-8-17/h2-14,19H,15H2,1H3/t19-/m0/s1. The maximum atomic E-state index is 12.1. The molecule has 0 fully saturated rings. The van der Waals surface area contributed by atoms with Crippen LogP contribution in [0.2, 0.25) is 0 Å². The number of aromatic nitrogens is 1. The number of carbonyl (C=O) groups is 2. The molecule has 0 saturated carbocycles. The van der Waals surface area contributed by atoms with E-state index in [0.717, 1.165) is 5.56 Å². The molecule has 0 radical (unpaired) electrons. The summed E-state index contributed by atoms with van der Waals surface area (Å²) in [6.07, 6.45) is 4.14. The van der Waals surface area contributed by atoms with Crippen molar-refractivity contribution in [3.63, 3.8) is 0 Å². The van der Waals surface area contributed by atoms with E-state index in [4.69, 9.17) is 9.47 Å². The Morgan fingerprint density at radius 2 is 1.58 bits per heavy atom. The maximum Gasteiger partial charge on any atom is 0.343 e. The van der Waals surface area contributed by atoms with E-state index >= 15 is 0 Å². The fourth-order valence-corrected chi connectivity index (χ4v) is 2.66. The van der Waals surface area contributed by atoms with Crippen LogP contribution in [0.1, 0.15) is 22.0 Å². The highest BCUT2D eigenvalue weighted by Gasteiger charge is 2.20. The van der Waals surface area contributed by atoms with E-state index < -0.39 is 12.0 Å². The highest BCUT2D eigenvalue weighted by atomic mass is 16.5. The number of carbonyl (C=O) groups excluding carboxylic acids is 2. The van der Waals surface area contributed by atoms with Gasteiger partial charge in [-0.15, -0.1) is 0 Å². The van der Waals surface area contributed by atoms with Crippen molar-refractivity contribution >= 4 is 11.9 Å². The Bertz CT molecular complexity index is 855. The summed E-state index contributed by atoms with van der Waals surface area (Å²) < 4.78 is 12.1. The monoisotopic (exact) mass is 349 g/mol. The molecule has 0 spiro atoms. The van der Waals surface area contributed by atoms with Gasteiger partial charge in [0.1, 0.15) is 11.8 Å². The molecule has 0 aliphatic carbocycles. The van der Waals surface area contributed by atoms with Crippen LogP contribution in [-0.2, 0) is 16.0 Å². The number of rotatable bonds is 6. The lowest BCUT2D eigenvalue weighted by Crippen LogP contribution is -2.22. The average molecular weight is 349 g/mol. The van der Waals surface area contributed by atoms with E-state index in [9.17, 15) is 9.59 Å². The van der Waals surface area contributed by atoms with Gasteiger partial charge in [-0.3, -0.25) is 0 Å². The number of nitrogens with zero attached hydrogens (tertiary/aromatic N) is 1. The summed E-state index contributed by atoms with van der Waals surface area (Å²) in [4.78, 5) is 24.1. The van der Waals surface area contributed by atoms with Crippen molar-refractivity contribution in [2.45, 2.75) is 12.5 Å². The number of ether oxygens (including phenoxy) is 2. The van der Waals surface area contributed by atoms with Crippen molar-refractivity contribution in [1.29, 1.82) is 0 Å². The molecule has 0 saturated heterocycles.